The fraction of sp³-hybridized carbons (Fsp3) is 1.00. The van der Waals surface area contributed by atoms with Crippen molar-refractivity contribution in [3.8, 4) is 0 Å². The second-order valence-corrected chi connectivity index (χ2v) is 5.59. The predicted molar refractivity (Wildman–Crippen MR) is 51.2 cm³/mol. The number of rotatable bonds is 5. The number of hydrogen-bond acceptors (Lipinski definition) is 3. The van der Waals surface area contributed by atoms with E-state index in [9.17, 15) is 0 Å². The summed E-state index contributed by atoms with van der Waals surface area (Å²) in [5.74, 6) is 0. The van der Waals surface area contributed by atoms with Gasteiger partial charge in [0.25, 0.3) is 6.64 Å². The molecular formula is C6H16NO2PS. The number of nitrogens with zero attached hydrogens (tertiary/aromatic N) is 1. The Bertz CT molecular complexity index is 142. The van der Waals surface area contributed by atoms with E-state index in [0.29, 0.717) is 0 Å². The van der Waals surface area contributed by atoms with Crippen molar-refractivity contribution in [2.75, 3.05) is 27.3 Å². The van der Waals surface area contributed by atoms with E-state index in [0.717, 1.165) is 13.1 Å². The molecule has 0 N–H and O–H groups in total. The molecule has 0 fully saturated rings. The summed E-state index contributed by atoms with van der Waals surface area (Å²) in [4.78, 5) is 0. The summed E-state index contributed by atoms with van der Waals surface area (Å²) < 4.78 is 12.4. The van der Waals surface area contributed by atoms with Crippen molar-refractivity contribution in [2.45, 2.75) is 13.8 Å². The van der Waals surface area contributed by atoms with Gasteiger partial charge in [0.05, 0.1) is 0 Å². The standard InChI is InChI=1S/C6H16NO2PS/c1-5-7(6-2)10(11,8-3)9-4/h5-6H2,1-4H3. The Morgan fingerprint density at radius 2 is 1.55 bits per heavy atom. The molecule has 0 rings (SSSR count). The van der Waals surface area contributed by atoms with Gasteiger partial charge in [0, 0.05) is 27.3 Å². The highest BCUT2D eigenvalue weighted by atomic mass is 32.5. The van der Waals surface area contributed by atoms with Crippen LogP contribution in [0.25, 0.3) is 0 Å². The van der Waals surface area contributed by atoms with Crippen LogP contribution in [0.15, 0.2) is 0 Å². The molecule has 0 amide bonds. The molecule has 0 spiro atoms. The molecule has 0 aromatic rings. The van der Waals surface area contributed by atoms with Gasteiger partial charge in [-0.25, -0.2) is 4.67 Å². The third kappa shape index (κ3) is 2.80. The van der Waals surface area contributed by atoms with E-state index < -0.39 is 6.64 Å². The molecule has 0 aliphatic heterocycles. The molecule has 0 bridgehead atoms. The maximum Gasteiger partial charge on any atom is 0.263 e. The molecule has 11 heavy (non-hydrogen) atoms. The minimum atomic E-state index is -2.12. The topological polar surface area (TPSA) is 21.7 Å². The van der Waals surface area contributed by atoms with Gasteiger partial charge in [-0.3, -0.25) is 0 Å². The highest BCUT2D eigenvalue weighted by Crippen LogP contribution is 2.50. The van der Waals surface area contributed by atoms with E-state index in [2.05, 4.69) is 0 Å². The Kier molecular flexibility index (Phi) is 5.48. The maximum absolute atomic E-state index is 5.22. The average molecular weight is 197 g/mol. The molecule has 0 aliphatic carbocycles. The van der Waals surface area contributed by atoms with Gasteiger partial charge in [-0.15, -0.1) is 0 Å². The molecule has 0 unspecified atom stereocenters. The summed E-state index contributed by atoms with van der Waals surface area (Å²) in [6, 6.07) is 0. The van der Waals surface area contributed by atoms with Crippen molar-refractivity contribution in [3.05, 3.63) is 0 Å². The molecule has 5 heteroatoms. The van der Waals surface area contributed by atoms with Crippen LogP contribution in [-0.4, -0.2) is 32.0 Å². The summed E-state index contributed by atoms with van der Waals surface area (Å²) in [5, 5.41) is 0. The molecule has 68 valence electrons. The zero-order valence-electron chi connectivity index (χ0n) is 7.53. The molecule has 0 atom stereocenters. The van der Waals surface area contributed by atoms with Gasteiger partial charge in [0.1, 0.15) is 0 Å². The van der Waals surface area contributed by atoms with Crippen LogP contribution in [0, 0.1) is 0 Å². The maximum atomic E-state index is 5.22. The smallest absolute Gasteiger partial charge is 0.263 e. The van der Waals surface area contributed by atoms with Crippen LogP contribution in [0.5, 0.6) is 0 Å². The van der Waals surface area contributed by atoms with Crippen molar-refractivity contribution < 1.29 is 9.05 Å². The highest BCUT2D eigenvalue weighted by Gasteiger charge is 2.22. The molecule has 0 saturated carbocycles. The lowest BCUT2D eigenvalue weighted by molar-refractivity contribution is 0.272. The van der Waals surface area contributed by atoms with E-state index in [1.165, 1.54) is 0 Å². The minimum Gasteiger partial charge on any atom is -0.321 e. The molecule has 0 aromatic carbocycles. The van der Waals surface area contributed by atoms with Crippen LogP contribution in [0.4, 0.5) is 0 Å². The second-order valence-electron chi connectivity index (χ2n) is 1.97. The Hall–Kier alpha value is 0.530. The lowest BCUT2D eigenvalue weighted by atomic mass is 10.7. The van der Waals surface area contributed by atoms with Gasteiger partial charge in [0.15, 0.2) is 0 Å². The van der Waals surface area contributed by atoms with Gasteiger partial charge in [0.2, 0.25) is 0 Å². The van der Waals surface area contributed by atoms with E-state index in [1.54, 1.807) is 14.2 Å². The Morgan fingerprint density at radius 1 is 1.18 bits per heavy atom. The first kappa shape index (κ1) is 11.5. The van der Waals surface area contributed by atoms with Crippen molar-refractivity contribution in [3.63, 3.8) is 0 Å². The third-order valence-corrected chi connectivity index (χ3v) is 5.31. The second kappa shape index (κ2) is 5.22. The van der Waals surface area contributed by atoms with E-state index >= 15 is 0 Å². The van der Waals surface area contributed by atoms with Crippen LogP contribution in [0.1, 0.15) is 13.8 Å². The van der Waals surface area contributed by atoms with Crippen LogP contribution < -0.4 is 0 Å². The van der Waals surface area contributed by atoms with E-state index in [1.807, 2.05) is 18.5 Å². The molecule has 0 heterocycles. The van der Waals surface area contributed by atoms with Crippen molar-refractivity contribution in [1.82, 2.24) is 4.67 Å². The van der Waals surface area contributed by atoms with Gasteiger partial charge in [-0.1, -0.05) is 13.8 Å². The summed E-state index contributed by atoms with van der Waals surface area (Å²) in [5.41, 5.74) is 0. The molecule has 0 aromatic heterocycles. The zero-order chi connectivity index (χ0) is 8.91. The monoisotopic (exact) mass is 197 g/mol. The first-order valence-corrected chi connectivity index (χ1v) is 6.20. The molecule has 0 radical (unpaired) electrons. The van der Waals surface area contributed by atoms with Gasteiger partial charge >= 0.3 is 0 Å². The number of hydrogen-bond donors (Lipinski definition) is 0. The first-order valence-electron chi connectivity index (χ1n) is 3.61. The fourth-order valence-corrected chi connectivity index (χ4v) is 2.87. The SMILES string of the molecule is CCN(CC)P(=S)(OC)OC. The normalized spacial score (nSPS) is 12.5. The molecule has 3 nitrogen and oxygen atoms in total. The van der Waals surface area contributed by atoms with Crippen molar-refractivity contribution >= 4 is 18.4 Å². The van der Waals surface area contributed by atoms with Crippen LogP contribution >= 0.6 is 6.64 Å². The largest absolute Gasteiger partial charge is 0.321 e. The van der Waals surface area contributed by atoms with Gasteiger partial charge in [-0.2, -0.15) is 0 Å². The average Bonchev–Trinajstić information content (AvgIpc) is 2.06. The van der Waals surface area contributed by atoms with Crippen LogP contribution in [0.2, 0.25) is 0 Å². The molecule has 0 aliphatic rings. The van der Waals surface area contributed by atoms with Crippen molar-refractivity contribution in [1.29, 1.82) is 0 Å². The van der Waals surface area contributed by atoms with Crippen molar-refractivity contribution in [2.24, 2.45) is 0 Å². The third-order valence-electron chi connectivity index (χ3n) is 1.54. The summed E-state index contributed by atoms with van der Waals surface area (Å²) >= 11 is 5.22. The summed E-state index contributed by atoms with van der Waals surface area (Å²) in [6.07, 6.45) is 0. The molecular weight excluding hydrogens is 181 g/mol. The Balaban J connectivity index is 4.32. The molecule has 0 saturated heterocycles. The first-order chi connectivity index (χ1) is 5.14. The van der Waals surface area contributed by atoms with Crippen LogP contribution in [0.3, 0.4) is 0 Å². The lowest BCUT2D eigenvalue weighted by Crippen LogP contribution is -2.20. The highest BCUT2D eigenvalue weighted by molar-refractivity contribution is 8.08. The quantitative estimate of drug-likeness (QED) is 0.627. The summed E-state index contributed by atoms with van der Waals surface area (Å²) in [7, 11) is 3.20. The lowest BCUT2D eigenvalue weighted by Gasteiger charge is -2.29. The fourth-order valence-electron chi connectivity index (χ4n) is 0.875. The van der Waals surface area contributed by atoms with Gasteiger partial charge < -0.3 is 9.05 Å². The van der Waals surface area contributed by atoms with E-state index in [-0.39, 0.29) is 0 Å². The van der Waals surface area contributed by atoms with Crippen LogP contribution in [-0.2, 0) is 20.9 Å². The Labute approximate surface area is 73.9 Å². The summed E-state index contributed by atoms with van der Waals surface area (Å²) in [6.45, 7) is 3.70. The zero-order valence-corrected chi connectivity index (χ0v) is 9.24. The van der Waals surface area contributed by atoms with E-state index in [4.69, 9.17) is 20.9 Å². The Morgan fingerprint density at radius 3 is 1.64 bits per heavy atom. The predicted octanol–water partition coefficient (Wildman–Crippen LogP) is 1.85. The van der Waals surface area contributed by atoms with Gasteiger partial charge in [-0.05, 0) is 11.8 Å². The minimum absolute atomic E-state index is 0.870.